The number of piperazine rings is 1. The fraction of sp³-hybridized carbons (Fsp3) is 0.182. The van der Waals surface area contributed by atoms with E-state index in [0.717, 1.165) is 10.0 Å². The Hall–Kier alpha value is -2.46. The number of carbonyl (C=O) groups is 1. The normalized spacial score (nSPS) is 15.0. The molecule has 32 heavy (non-hydrogen) atoms. The van der Waals surface area contributed by atoms with Gasteiger partial charge in [0.2, 0.25) is 15.9 Å². The van der Waals surface area contributed by atoms with Gasteiger partial charge in [0, 0.05) is 36.2 Å². The van der Waals surface area contributed by atoms with Gasteiger partial charge in [-0.3, -0.25) is 4.79 Å². The topological polar surface area (TPSA) is 96.6 Å². The number of hydrogen-bond acceptors (Lipinski definition) is 5. The third-order valence-electron chi connectivity index (χ3n) is 5.30. The lowest BCUT2D eigenvalue weighted by atomic mass is 9.99. The van der Waals surface area contributed by atoms with Gasteiger partial charge in [0.25, 0.3) is 0 Å². The van der Waals surface area contributed by atoms with Gasteiger partial charge in [0.05, 0.1) is 4.90 Å². The number of anilines is 1. The molecule has 0 saturated carbocycles. The van der Waals surface area contributed by atoms with E-state index in [9.17, 15) is 13.2 Å². The van der Waals surface area contributed by atoms with Crippen molar-refractivity contribution in [1.82, 2.24) is 9.29 Å². The van der Waals surface area contributed by atoms with Crippen molar-refractivity contribution in [3.05, 3.63) is 75.9 Å². The molecule has 1 saturated heterocycles. The number of pyridine rings is 1. The summed E-state index contributed by atoms with van der Waals surface area (Å²) in [4.78, 5) is 18.2. The number of benzene rings is 2. The first-order valence-electron chi connectivity index (χ1n) is 9.83. The van der Waals surface area contributed by atoms with E-state index in [1.807, 2.05) is 11.0 Å². The second kappa shape index (κ2) is 9.19. The molecule has 2 N–H and O–H groups in total. The van der Waals surface area contributed by atoms with Crippen LogP contribution in [0.4, 0.5) is 5.82 Å². The van der Waals surface area contributed by atoms with Gasteiger partial charge in [0.15, 0.2) is 0 Å². The van der Waals surface area contributed by atoms with Gasteiger partial charge in [-0.2, -0.15) is 4.31 Å². The maximum Gasteiger partial charge on any atom is 0.249 e. The molecule has 0 aliphatic carbocycles. The van der Waals surface area contributed by atoms with E-state index >= 15 is 0 Å². The number of rotatable bonds is 5. The highest BCUT2D eigenvalue weighted by atomic mass is 79.9. The summed E-state index contributed by atoms with van der Waals surface area (Å²) in [6.45, 7) is 1.67. The molecule has 1 aliphatic heterocycles. The number of primary amides is 1. The van der Waals surface area contributed by atoms with Crippen LogP contribution in [0.2, 0.25) is 5.15 Å². The fourth-order valence-electron chi connectivity index (χ4n) is 3.68. The number of amides is 1. The molecule has 1 aromatic heterocycles. The smallest absolute Gasteiger partial charge is 0.249 e. The Bertz CT molecular complexity index is 1240. The minimum absolute atomic E-state index is 0.204. The second-order valence-corrected chi connectivity index (χ2v) is 10.5. The zero-order chi connectivity index (χ0) is 22.9. The molecule has 0 unspecified atom stereocenters. The van der Waals surface area contributed by atoms with Crippen LogP contribution in [0.5, 0.6) is 0 Å². The molecule has 4 rings (SSSR count). The highest BCUT2D eigenvalue weighted by Gasteiger charge is 2.29. The summed E-state index contributed by atoms with van der Waals surface area (Å²) in [5.74, 6) is 0.176. The Morgan fingerprint density at radius 3 is 2.28 bits per heavy atom. The lowest BCUT2D eigenvalue weighted by Gasteiger charge is -2.34. The van der Waals surface area contributed by atoms with E-state index in [1.54, 1.807) is 54.6 Å². The van der Waals surface area contributed by atoms with Crippen LogP contribution in [0.25, 0.3) is 11.1 Å². The largest absolute Gasteiger partial charge is 0.366 e. The van der Waals surface area contributed by atoms with Crippen molar-refractivity contribution in [1.29, 1.82) is 0 Å². The third-order valence-corrected chi connectivity index (χ3v) is 7.87. The second-order valence-electron chi connectivity index (χ2n) is 7.29. The average Bonchev–Trinajstić information content (AvgIpc) is 2.78. The van der Waals surface area contributed by atoms with Crippen LogP contribution >= 0.6 is 27.5 Å². The van der Waals surface area contributed by atoms with Crippen LogP contribution in [0, 0.1) is 0 Å². The lowest BCUT2D eigenvalue weighted by Crippen LogP contribution is -2.48. The number of nitrogens with zero attached hydrogens (tertiary/aromatic N) is 3. The summed E-state index contributed by atoms with van der Waals surface area (Å²) in [5.41, 5.74) is 7.24. The lowest BCUT2D eigenvalue weighted by molar-refractivity contribution is 0.100. The maximum absolute atomic E-state index is 13.2. The van der Waals surface area contributed by atoms with Gasteiger partial charge < -0.3 is 10.6 Å². The van der Waals surface area contributed by atoms with Crippen molar-refractivity contribution < 1.29 is 13.2 Å². The number of nitrogens with two attached hydrogens (primary N) is 1. The van der Waals surface area contributed by atoms with Crippen LogP contribution in [0.1, 0.15) is 10.4 Å². The molecule has 2 aromatic carbocycles. The monoisotopic (exact) mass is 534 g/mol. The molecule has 2 heterocycles. The van der Waals surface area contributed by atoms with Crippen molar-refractivity contribution in [2.24, 2.45) is 5.73 Å². The quantitative estimate of drug-likeness (QED) is 0.502. The van der Waals surface area contributed by atoms with Crippen LogP contribution in [0.15, 0.2) is 70.0 Å². The van der Waals surface area contributed by atoms with Crippen molar-refractivity contribution in [2.75, 3.05) is 31.1 Å². The molecule has 1 aliphatic rings. The first-order chi connectivity index (χ1) is 15.3. The zero-order valence-electron chi connectivity index (χ0n) is 16.9. The fourth-order valence-corrected chi connectivity index (χ4v) is 5.86. The minimum atomic E-state index is -3.65. The van der Waals surface area contributed by atoms with Crippen LogP contribution in [-0.2, 0) is 10.0 Å². The molecule has 0 spiro atoms. The maximum atomic E-state index is 13.2. The van der Waals surface area contributed by atoms with E-state index in [4.69, 9.17) is 17.3 Å². The molecule has 0 bridgehead atoms. The summed E-state index contributed by atoms with van der Waals surface area (Å²) in [6.07, 6.45) is 0. The molecule has 0 atom stereocenters. The van der Waals surface area contributed by atoms with Gasteiger partial charge in [-0.1, -0.05) is 57.9 Å². The molecule has 7 nitrogen and oxygen atoms in total. The predicted octanol–water partition coefficient (Wildman–Crippen LogP) is 3.77. The molecule has 1 fully saturated rings. The average molecular weight is 536 g/mol. The highest BCUT2D eigenvalue weighted by Crippen LogP contribution is 2.27. The van der Waals surface area contributed by atoms with Gasteiger partial charge >= 0.3 is 0 Å². The molecular formula is C22H20BrClN4O3S. The number of sulfonamides is 1. The first-order valence-corrected chi connectivity index (χ1v) is 12.4. The number of aromatic nitrogens is 1. The van der Waals surface area contributed by atoms with Crippen LogP contribution in [0.3, 0.4) is 0 Å². The predicted molar refractivity (Wildman–Crippen MR) is 128 cm³/mol. The van der Waals surface area contributed by atoms with Crippen LogP contribution < -0.4 is 10.6 Å². The highest BCUT2D eigenvalue weighted by molar-refractivity contribution is 9.10. The summed E-state index contributed by atoms with van der Waals surface area (Å²) in [7, 11) is -3.65. The van der Waals surface area contributed by atoms with Crippen molar-refractivity contribution in [3.8, 4) is 11.1 Å². The molecule has 10 heteroatoms. The SMILES string of the molecule is NC(=O)c1ccccc1-c1ccc(S(=O)(=O)N2CCN(c3cc(Br)cc(Cl)n3)CC2)cc1. The van der Waals surface area contributed by atoms with Gasteiger partial charge in [-0.05, 0) is 41.5 Å². The number of carbonyl (C=O) groups excluding carboxylic acids is 1. The Kier molecular flexibility index (Phi) is 6.52. The molecule has 3 aromatic rings. The Morgan fingerprint density at radius 2 is 1.66 bits per heavy atom. The van der Waals surface area contributed by atoms with Gasteiger partial charge in [-0.15, -0.1) is 0 Å². The van der Waals surface area contributed by atoms with E-state index < -0.39 is 15.9 Å². The molecule has 166 valence electrons. The van der Waals surface area contributed by atoms with E-state index in [-0.39, 0.29) is 4.90 Å². The summed E-state index contributed by atoms with van der Waals surface area (Å²) < 4.78 is 28.6. The van der Waals surface area contributed by atoms with E-state index in [2.05, 4.69) is 20.9 Å². The third kappa shape index (κ3) is 4.66. The minimum Gasteiger partial charge on any atom is -0.366 e. The molecular weight excluding hydrogens is 516 g/mol. The summed E-state index contributed by atoms with van der Waals surface area (Å²) in [6, 6.07) is 17.0. The zero-order valence-corrected chi connectivity index (χ0v) is 20.1. The van der Waals surface area contributed by atoms with Crippen molar-refractivity contribution in [3.63, 3.8) is 0 Å². The number of halogens is 2. The van der Waals surface area contributed by atoms with Crippen molar-refractivity contribution >= 4 is 49.3 Å². The van der Waals surface area contributed by atoms with Crippen molar-refractivity contribution in [2.45, 2.75) is 4.90 Å². The first kappa shape index (κ1) is 22.7. The van der Waals surface area contributed by atoms with E-state index in [0.29, 0.717) is 48.3 Å². The summed E-state index contributed by atoms with van der Waals surface area (Å²) >= 11 is 9.44. The van der Waals surface area contributed by atoms with Crippen LogP contribution in [-0.4, -0.2) is 49.8 Å². The Morgan fingerprint density at radius 1 is 1.00 bits per heavy atom. The molecule has 1 amide bonds. The molecule has 0 radical (unpaired) electrons. The van der Waals surface area contributed by atoms with Gasteiger partial charge in [0.1, 0.15) is 11.0 Å². The van der Waals surface area contributed by atoms with Gasteiger partial charge in [-0.25, -0.2) is 13.4 Å². The Labute approximate surface area is 200 Å². The summed E-state index contributed by atoms with van der Waals surface area (Å²) in [5, 5.41) is 0.377. The van der Waals surface area contributed by atoms with E-state index in [1.165, 1.54) is 4.31 Å². The Balaban J connectivity index is 1.50. The number of hydrogen-bond donors (Lipinski definition) is 1. The standard InChI is InChI=1S/C22H20BrClN4O3S/c23-16-13-20(24)26-21(14-16)27-9-11-28(12-10-27)32(30,31)17-7-5-15(6-8-17)18-3-1-2-4-19(18)22(25)29/h1-8,13-14H,9-12H2,(H2,25,29).